The van der Waals surface area contributed by atoms with Crippen LogP contribution in [-0.2, 0) is 0 Å². The number of carbonyl (C=O) groups is 4. The molecular formula is C16H6Cl4O4. The third-order valence-electron chi connectivity index (χ3n) is 3.21. The van der Waals surface area contributed by atoms with Crippen LogP contribution in [0, 0.1) is 0 Å². The van der Waals surface area contributed by atoms with Crippen molar-refractivity contribution in [3.05, 3.63) is 58.7 Å². The molecule has 0 atom stereocenters. The molecule has 8 heteroatoms. The molecule has 0 bridgehead atoms. The van der Waals surface area contributed by atoms with Crippen LogP contribution in [0.5, 0.6) is 0 Å². The van der Waals surface area contributed by atoms with E-state index in [1.54, 1.807) is 30.3 Å². The Morgan fingerprint density at radius 1 is 0.625 bits per heavy atom. The lowest BCUT2D eigenvalue weighted by Gasteiger charge is -2.16. The van der Waals surface area contributed by atoms with Gasteiger partial charge in [0.1, 0.15) is 0 Å². The molecule has 0 aromatic heterocycles. The second-order valence-electron chi connectivity index (χ2n) is 4.56. The summed E-state index contributed by atoms with van der Waals surface area (Å²) in [5.41, 5.74) is -1.11. The summed E-state index contributed by atoms with van der Waals surface area (Å²) in [4.78, 5) is 47.2. The molecular weight excluding hydrogens is 398 g/mol. The molecule has 2 aromatic rings. The highest BCUT2D eigenvalue weighted by Gasteiger charge is 2.30. The largest absolute Gasteiger partial charge is 0.276 e. The Bertz CT molecular complexity index is 875. The van der Waals surface area contributed by atoms with Crippen molar-refractivity contribution in [2.45, 2.75) is 0 Å². The van der Waals surface area contributed by atoms with Crippen LogP contribution in [0.25, 0.3) is 11.1 Å². The van der Waals surface area contributed by atoms with E-state index < -0.39 is 37.7 Å². The average molecular weight is 404 g/mol. The lowest BCUT2D eigenvalue weighted by molar-refractivity contribution is 0.103. The van der Waals surface area contributed by atoms with Crippen molar-refractivity contribution < 1.29 is 19.2 Å². The third kappa shape index (κ3) is 3.52. The summed E-state index contributed by atoms with van der Waals surface area (Å²) in [6.07, 6.45) is 0. The first-order valence-electron chi connectivity index (χ1n) is 6.31. The highest BCUT2D eigenvalue weighted by atomic mass is 35.5. The second kappa shape index (κ2) is 7.45. The number of benzene rings is 2. The zero-order valence-electron chi connectivity index (χ0n) is 11.6. The van der Waals surface area contributed by atoms with Crippen LogP contribution in [0.2, 0.25) is 0 Å². The van der Waals surface area contributed by atoms with Crippen molar-refractivity contribution in [1.82, 2.24) is 0 Å². The van der Waals surface area contributed by atoms with Gasteiger partial charge < -0.3 is 0 Å². The SMILES string of the molecule is O=C(Cl)c1cc(C(=O)Cl)c(-c2ccccc2)c(C(=O)Cl)c1C(=O)Cl. The molecule has 0 aliphatic carbocycles. The van der Waals surface area contributed by atoms with E-state index >= 15 is 0 Å². The van der Waals surface area contributed by atoms with Gasteiger partial charge in [-0.05, 0) is 58.0 Å². The number of carbonyl (C=O) groups excluding carboxylic acids is 4. The smallest absolute Gasteiger partial charge is 0.253 e. The molecule has 0 saturated heterocycles. The highest BCUT2D eigenvalue weighted by Crippen LogP contribution is 2.36. The molecule has 122 valence electrons. The zero-order chi connectivity index (χ0) is 18.0. The van der Waals surface area contributed by atoms with Gasteiger partial charge in [-0.1, -0.05) is 30.3 Å². The molecule has 0 radical (unpaired) electrons. The van der Waals surface area contributed by atoms with E-state index in [-0.39, 0.29) is 11.1 Å². The molecule has 0 heterocycles. The predicted molar refractivity (Wildman–Crippen MR) is 92.6 cm³/mol. The molecule has 2 aromatic carbocycles. The van der Waals surface area contributed by atoms with E-state index in [2.05, 4.69) is 0 Å². The molecule has 0 N–H and O–H groups in total. The number of hydrogen-bond donors (Lipinski definition) is 0. The number of hydrogen-bond acceptors (Lipinski definition) is 4. The van der Waals surface area contributed by atoms with Gasteiger partial charge in [0, 0.05) is 16.7 Å². The van der Waals surface area contributed by atoms with Gasteiger partial charge in [0.2, 0.25) is 0 Å². The Morgan fingerprint density at radius 2 is 1.12 bits per heavy atom. The van der Waals surface area contributed by atoms with Crippen molar-refractivity contribution in [2.75, 3.05) is 0 Å². The molecule has 24 heavy (non-hydrogen) atoms. The van der Waals surface area contributed by atoms with Gasteiger partial charge in [0.25, 0.3) is 21.0 Å². The molecule has 0 spiro atoms. The minimum absolute atomic E-state index is 0.00117. The second-order valence-corrected chi connectivity index (χ2v) is 5.93. The van der Waals surface area contributed by atoms with Crippen molar-refractivity contribution in [1.29, 1.82) is 0 Å². The fourth-order valence-electron chi connectivity index (χ4n) is 2.30. The molecule has 4 nitrogen and oxygen atoms in total. The number of rotatable bonds is 5. The lowest BCUT2D eigenvalue weighted by atomic mass is 9.89. The molecule has 0 aliphatic heterocycles. The fraction of sp³-hybridized carbons (Fsp3) is 0. The van der Waals surface area contributed by atoms with Gasteiger partial charge in [-0.15, -0.1) is 0 Å². The molecule has 0 fully saturated rings. The van der Waals surface area contributed by atoms with Crippen molar-refractivity contribution in [2.24, 2.45) is 0 Å². The van der Waals surface area contributed by atoms with Gasteiger partial charge in [-0.25, -0.2) is 0 Å². The normalized spacial score (nSPS) is 10.3. The van der Waals surface area contributed by atoms with Crippen LogP contribution in [0.4, 0.5) is 0 Å². The summed E-state index contributed by atoms with van der Waals surface area (Å²) >= 11 is 22.1. The standard InChI is InChI=1S/C16H6Cl4O4/c17-13(21)8-6-9(14(18)22)11(15(19)23)12(16(20)24)10(8)7-4-2-1-3-5-7/h1-6H. The molecule has 0 saturated carbocycles. The van der Waals surface area contributed by atoms with E-state index in [0.29, 0.717) is 5.56 Å². The lowest BCUT2D eigenvalue weighted by Crippen LogP contribution is -2.13. The first kappa shape index (κ1) is 18.6. The van der Waals surface area contributed by atoms with Gasteiger partial charge in [-0.2, -0.15) is 0 Å². The van der Waals surface area contributed by atoms with E-state index in [1.807, 2.05) is 0 Å². The summed E-state index contributed by atoms with van der Waals surface area (Å²) in [6, 6.07) is 9.16. The third-order valence-corrected chi connectivity index (χ3v) is 3.99. The van der Waals surface area contributed by atoms with E-state index in [9.17, 15) is 19.2 Å². The highest BCUT2D eigenvalue weighted by molar-refractivity contribution is 6.75. The Labute approximate surface area is 156 Å². The summed E-state index contributed by atoms with van der Waals surface area (Å²) in [7, 11) is 0. The van der Waals surface area contributed by atoms with Crippen LogP contribution in [0.1, 0.15) is 41.4 Å². The maximum absolute atomic E-state index is 12.0. The number of halogens is 4. The summed E-state index contributed by atoms with van der Waals surface area (Å²) < 4.78 is 0. The zero-order valence-corrected chi connectivity index (χ0v) is 14.6. The van der Waals surface area contributed by atoms with Gasteiger partial charge in [0.15, 0.2) is 0 Å². The molecule has 0 amide bonds. The van der Waals surface area contributed by atoms with Crippen LogP contribution in [-0.4, -0.2) is 21.0 Å². The topological polar surface area (TPSA) is 68.3 Å². The van der Waals surface area contributed by atoms with Crippen LogP contribution in [0.3, 0.4) is 0 Å². The molecule has 2 rings (SSSR count). The van der Waals surface area contributed by atoms with Gasteiger partial charge in [-0.3, -0.25) is 19.2 Å². The monoisotopic (exact) mass is 402 g/mol. The first-order chi connectivity index (χ1) is 11.3. The van der Waals surface area contributed by atoms with E-state index in [0.717, 1.165) is 6.07 Å². The molecule has 0 unspecified atom stereocenters. The summed E-state index contributed by atoms with van der Waals surface area (Å²) in [6.45, 7) is 0. The fourth-order valence-corrected chi connectivity index (χ4v) is 2.98. The van der Waals surface area contributed by atoms with Crippen LogP contribution < -0.4 is 0 Å². The average Bonchev–Trinajstić information content (AvgIpc) is 2.53. The van der Waals surface area contributed by atoms with E-state index in [4.69, 9.17) is 46.4 Å². The van der Waals surface area contributed by atoms with Crippen molar-refractivity contribution in [3.63, 3.8) is 0 Å². The first-order valence-corrected chi connectivity index (χ1v) is 7.82. The Kier molecular flexibility index (Phi) is 5.78. The molecule has 0 aliphatic rings. The predicted octanol–water partition coefficient (Wildman–Crippen LogP) is 4.87. The minimum atomic E-state index is -1.12. The van der Waals surface area contributed by atoms with E-state index in [1.165, 1.54) is 0 Å². The van der Waals surface area contributed by atoms with Gasteiger partial charge in [0.05, 0.1) is 11.1 Å². The Hall–Kier alpha value is -1.72. The Morgan fingerprint density at radius 3 is 1.54 bits per heavy atom. The van der Waals surface area contributed by atoms with Crippen LogP contribution in [0.15, 0.2) is 36.4 Å². The minimum Gasteiger partial charge on any atom is -0.276 e. The van der Waals surface area contributed by atoms with Crippen molar-refractivity contribution >= 4 is 67.4 Å². The van der Waals surface area contributed by atoms with Gasteiger partial charge >= 0.3 is 0 Å². The van der Waals surface area contributed by atoms with Crippen LogP contribution >= 0.6 is 46.4 Å². The maximum atomic E-state index is 12.0. The maximum Gasteiger partial charge on any atom is 0.253 e. The van der Waals surface area contributed by atoms with Crippen molar-refractivity contribution in [3.8, 4) is 11.1 Å². The summed E-state index contributed by atoms with van der Waals surface area (Å²) in [5.74, 6) is 0. The Balaban J connectivity index is 3.09. The quantitative estimate of drug-likeness (QED) is 0.667. The summed E-state index contributed by atoms with van der Waals surface area (Å²) in [5, 5.41) is -4.25.